The molecule has 0 bridgehead atoms. The summed E-state index contributed by atoms with van der Waals surface area (Å²) < 4.78 is 0. The van der Waals surface area contributed by atoms with E-state index in [-0.39, 0.29) is 0 Å². The fourth-order valence-corrected chi connectivity index (χ4v) is 1.24. The molecule has 0 radical (unpaired) electrons. The molecule has 1 aliphatic rings. The third-order valence-electron chi connectivity index (χ3n) is 2.21. The molecule has 0 aromatic carbocycles. The maximum absolute atomic E-state index is 8.62. The van der Waals surface area contributed by atoms with Gasteiger partial charge in [-0.25, -0.2) is 0 Å². The van der Waals surface area contributed by atoms with Crippen molar-refractivity contribution in [2.24, 2.45) is 11.7 Å². The summed E-state index contributed by atoms with van der Waals surface area (Å²) in [5.41, 5.74) is 5.43. The minimum Gasteiger partial charge on any atom is -0.426 e. The van der Waals surface area contributed by atoms with Crippen molar-refractivity contribution in [1.82, 2.24) is 0 Å². The SMILES string of the molecule is NC(CC1CCC1)B(O)O. The van der Waals surface area contributed by atoms with Crippen LogP contribution in [-0.2, 0) is 0 Å². The van der Waals surface area contributed by atoms with Gasteiger partial charge in [-0.15, -0.1) is 0 Å². The molecular formula is C6H14BNO2. The van der Waals surface area contributed by atoms with Gasteiger partial charge in [0.2, 0.25) is 0 Å². The van der Waals surface area contributed by atoms with Gasteiger partial charge in [-0.05, 0) is 12.3 Å². The molecule has 1 unspecified atom stereocenters. The summed E-state index contributed by atoms with van der Waals surface area (Å²) in [7, 11) is -1.33. The normalized spacial score (nSPS) is 21.9. The van der Waals surface area contributed by atoms with Crippen molar-refractivity contribution >= 4 is 7.12 Å². The molecule has 0 aliphatic heterocycles. The standard InChI is InChI=1S/C6H14BNO2/c8-6(7(9)10)4-5-2-1-3-5/h5-6,9-10H,1-4,8H2. The summed E-state index contributed by atoms with van der Waals surface area (Å²) in [6, 6.07) is 0. The van der Waals surface area contributed by atoms with Crippen molar-refractivity contribution in [3.63, 3.8) is 0 Å². The summed E-state index contributed by atoms with van der Waals surface area (Å²) >= 11 is 0. The highest BCUT2D eigenvalue weighted by molar-refractivity contribution is 6.43. The van der Waals surface area contributed by atoms with E-state index in [0.717, 1.165) is 6.42 Å². The molecule has 1 rings (SSSR count). The van der Waals surface area contributed by atoms with Gasteiger partial charge in [-0.3, -0.25) is 0 Å². The van der Waals surface area contributed by atoms with Crippen LogP contribution in [-0.4, -0.2) is 23.1 Å². The van der Waals surface area contributed by atoms with E-state index in [1.54, 1.807) is 0 Å². The van der Waals surface area contributed by atoms with Crippen LogP contribution in [0.5, 0.6) is 0 Å². The zero-order valence-corrected chi connectivity index (χ0v) is 6.03. The zero-order chi connectivity index (χ0) is 7.56. The van der Waals surface area contributed by atoms with Gasteiger partial charge in [0.25, 0.3) is 0 Å². The molecule has 4 N–H and O–H groups in total. The highest BCUT2D eigenvalue weighted by atomic mass is 16.4. The third kappa shape index (κ3) is 1.97. The molecule has 10 heavy (non-hydrogen) atoms. The van der Waals surface area contributed by atoms with Gasteiger partial charge in [0.1, 0.15) is 0 Å². The van der Waals surface area contributed by atoms with E-state index in [1.807, 2.05) is 0 Å². The highest BCUT2D eigenvalue weighted by Crippen LogP contribution is 2.29. The molecule has 0 heterocycles. The first-order valence-electron chi connectivity index (χ1n) is 3.82. The Morgan fingerprint density at radius 2 is 2.10 bits per heavy atom. The summed E-state index contributed by atoms with van der Waals surface area (Å²) in [6.07, 6.45) is 4.46. The molecule has 0 spiro atoms. The van der Waals surface area contributed by atoms with E-state index >= 15 is 0 Å². The maximum Gasteiger partial charge on any atom is 0.469 e. The number of hydrogen-bond acceptors (Lipinski definition) is 3. The van der Waals surface area contributed by atoms with E-state index in [1.165, 1.54) is 19.3 Å². The van der Waals surface area contributed by atoms with E-state index in [2.05, 4.69) is 0 Å². The van der Waals surface area contributed by atoms with Gasteiger partial charge in [0, 0.05) is 5.94 Å². The first-order chi connectivity index (χ1) is 4.70. The summed E-state index contributed by atoms with van der Waals surface area (Å²) in [5, 5.41) is 17.2. The Morgan fingerprint density at radius 3 is 2.40 bits per heavy atom. The van der Waals surface area contributed by atoms with Crippen molar-refractivity contribution in [2.45, 2.75) is 31.6 Å². The molecule has 3 nitrogen and oxygen atoms in total. The lowest BCUT2D eigenvalue weighted by atomic mass is 9.70. The van der Waals surface area contributed by atoms with Crippen LogP contribution in [0.1, 0.15) is 25.7 Å². The molecule has 0 aromatic heterocycles. The predicted octanol–water partition coefficient (Wildman–Crippen LogP) is -0.484. The molecule has 58 valence electrons. The summed E-state index contributed by atoms with van der Waals surface area (Å²) in [5.74, 6) is 0.210. The fourth-order valence-electron chi connectivity index (χ4n) is 1.24. The quantitative estimate of drug-likeness (QED) is 0.467. The van der Waals surface area contributed by atoms with E-state index < -0.39 is 13.1 Å². The largest absolute Gasteiger partial charge is 0.469 e. The Kier molecular flexibility index (Phi) is 2.71. The fraction of sp³-hybridized carbons (Fsp3) is 1.00. The lowest BCUT2D eigenvalue weighted by Gasteiger charge is -2.27. The average Bonchev–Trinajstić information content (AvgIpc) is 1.77. The molecule has 0 amide bonds. The second kappa shape index (κ2) is 3.37. The van der Waals surface area contributed by atoms with Gasteiger partial charge in [-0.1, -0.05) is 19.3 Å². The van der Waals surface area contributed by atoms with Crippen LogP contribution in [0.25, 0.3) is 0 Å². The van der Waals surface area contributed by atoms with Crippen LogP contribution < -0.4 is 5.73 Å². The van der Waals surface area contributed by atoms with Crippen LogP contribution in [0, 0.1) is 5.92 Å². The van der Waals surface area contributed by atoms with Crippen molar-refractivity contribution in [3.05, 3.63) is 0 Å². The number of rotatable bonds is 3. The van der Waals surface area contributed by atoms with Crippen molar-refractivity contribution in [1.29, 1.82) is 0 Å². The highest BCUT2D eigenvalue weighted by Gasteiger charge is 2.26. The van der Waals surface area contributed by atoms with E-state index in [0.29, 0.717) is 5.92 Å². The number of nitrogens with two attached hydrogens (primary N) is 1. The molecule has 1 atom stereocenters. The Labute approximate surface area is 61.4 Å². The molecule has 1 saturated carbocycles. The Balaban J connectivity index is 2.10. The minimum atomic E-state index is -1.33. The van der Waals surface area contributed by atoms with E-state index in [9.17, 15) is 0 Å². The molecule has 0 saturated heterocycles. The predicted molar refractivity (Wildman–Crippen MR) is 40.1 cm³/mol. The molecule has 0 aromatic rings. The smallest absolute Gasteiger partial charge is 0.426 e. The van der Waals surface area contributed by atoms with Crippen LogP contribution >= 0.6 is 0 Å². The second-order valence-electron chi connectivity index (χ2n) is 3.11. The van der Waals surface area contributed by atoms with E-state index in [4.69, 9.17) is 15.8 Å². The van der Waals surface area contributed by atoms with Crippen LogP contribution in [0.15, 0.2) is 0 Å². The Bertz CT molecular complexity index is 106. The second-order valence-corrected chi connectivity index (χ2v) is 3.11. The first-order valence-corrected chi connectivity index (χ1v) is 3.82. The van der Waals surface area contributed by atoms with Crippen LogP contribution in [0.2, 0.25) is 0 Å². The molecule has 4 heteroatoms. The lowest BCUT2D eigenvalue weighted by Crippen LogP contribution is -2.41. The van der Waals surface area contributed by atoms with Crippen LogP contribution in [0.3, 0.4) is 0 Å². The van der Waals surface area contributed by atoms with Crippen molar-refractivity contribution < 1.29 is 10.0 Å². The van der Waals surface area contributed by atoms with Gasteiger partial charge >= 0.3 is 7.12 Å². The summed E-state index contributed by atoms with van der Waals surface area (Å²) in [6.45, 7) is 0. The topological polar surface area (TPSA) is 66.5 Å². The van der Waals surface area contributed by atoms with Gasteiger partial charge in [0.05, 0.1) is 0 Å². The lowest BCUT2D eigenvalue weighted by molar-refractivity contribution is 0.275. The van der Waals surface area contributed by atoms with Crippen molar-refractivity contribution in [2.75, 3.05) is 0 Å². The molecular weight excluding hydrogens is 129 g/mol. The molecule has 1 fully saturated rings. The maximum atomic E-state index is 8.62. The molecule has 1 aliphatic carbocycles. The summed E-state index contributed by atoms with van der Waals surface area (Å²) in [4.78, 5) is 0. The monoisotopic (exact) mass is 143 g/mol. The third-order valence-corrected chi connectivity index (χ3v) is 2.21. The number of hydrogen-bond donors (Lipinski definition) is 3. The zero-order valence-electron chi connectivity index (χ0n) is 6.03. The average molecular weight is 143 g/mol. The minimum absolute atomic E-state index is 0.440. The van der Waals surface area contributed by atoms with Gasteiger partial charge in [0.15, 0.2) is 0 Å². The Hall–Kier alpha value is -0.0551. The van der Waals surface area contributed by atoms with Crippen molar-refractivity contribution in [3.8, 4) is 0 Å². The van der Waals surface area contributed by atoms with Gasteiger partial charge < -0.3 is 15.8 Å². The van der Waals surface area contributed by atoms with Gasteiger partial charge in [-0.2, -0.15) is 0 Å². The first kappa shape index (κ1) is 8.05. The Morgan fingerprint density at radius 1 is 1.50 bits per heavy atom. The van der Waals surface area contributed by atoms with Crippen LogP contribution in [0.4, 0.5) is 0 Å².